The highest BCUT2D eigenvalue weighted by Crippen LogP contribution is 2.27. The summed E-state index contributed by atoms with van der Waals surface area (Å²) in [7, 11) is 0. The topological polar surface area (TPSA) is 66.5 Å². The molecule has 1 aromatic heterocycles. The average molecular weight is 395 g/mol. The van der Waals surface area contributed by atoms with Gasteiger partial charge in [0.2, 0.25) is 0 Å². The maximum absolute atomic E-state index is 12.4. The zero-order valence-corrected chi connectivity index (χ0v) is 15.7. The highest BCUT2D eigenvalue weighted by Gasteiger charge is 2.12. The second kappa shape index (κ2) is 9.19. The van der Waals surface area contributed by atoms with Gasteiger partial charge < -0.3 is 15.4 Å². The summed E-state index contributed by atoms with van der Waals surface area (Å²) < 4.78 is 5.31. The van der Waals surface area contributed by atoms with Crippen molar-refractivity contribution in [3.8, 4) is 0 Å². The van der Waals surface area contributed by atoms with Gasteiger partial charge in [0.15, 0.2) is 0 Å². The van der Waals surface area contributed by atoms with Crippen LogP contribution in [0.4, 0.5) is 11.5 Å². The van der Waals surface area contributed by atoms with Crippen molar-refractivity contribution in [2.75, 3.05) is 44.7 Å². The molecule has 0 atom stereocenters. The summed E-state index contributed by atoms with van der Waals surface area (Å²) >= 11 is 12.1. The van der Waals surface area contributed by atoms with Crippen LogP contribution in [0.3, 0.4) is 0 Å². The van der Waals surface area contributed by atoms with Gasteiger partial charge in [-0.15, -0.1) is 0 Å². The van der Waals surface area contributed by atoms with E-state index in [4.69, 9.17) is 27.9 Å². The number of aromatic nitrogens is 1. The number of pyridine rings is 1. The molecule has 0 unspecified atom stereocenters. The van der Waals surface area contributed by atoms with E-state index in [0.717, 1.165) is 32.8 Å². The molecule has 3 rings (SSSR count). The van der Waals surface area contributed by atoms with E-state index in [1.54, 1.807) is 36.5 Å². The molecule has 26 heavy (non-hydrogen) atoms. The minimum absolute atomic E-state index is 0.138. The monoisotopic (exact) mass is 394 g/mol. The van der Waals surface area contributed by atoms with Crippen molar-refractivity contribution in [3.63, 3.8) is 0 Å². The SMILES string of the molecule is O=C(NCCN1CCOCC1)c1ccnc(Nc2cc(Cl)ccc2Cl)c1. The number of hydrogen-bond acceptors (Lipinski definition) is 5. The number of rotatable bonds is 6. The lowest BCUT2D eigenvalue weighted by atomic mass is 10.2. The molecule has 8 heteroatoms. The first-order valence-corrected chi connectivity index (χ1v) is 9.14. The molecule has 0 spiro atoms. The van der Waals surface area contributed by atoms with Gasteiger partial charge in [-0.3, -0.25) is 9.69 Å². The molecule has 1 aromatic carbocycles. The molecule has 1 amide bonds. The van der Waals surface area contributed by atoms with Crippen LogP contribution in [-0.2, 0) is 4.74 Å². The summed E-state index contributed by atoms with van der Waals surface area (Å²) in [6, 6.07) is 8.48. The second-order valence-electron chi connectivity index (χ2n) is 5.89. The Morgan fingerprint density at radius 1 is 1.19 bits per heavy atom. The number of nitrogens with one attached hydrogen (secondary N) is 2. The molecule has 1 saturated heterocycles. The Bertz CT molecular complexity index is 767. The van der Waals surface area contributed by atoms with Gasteiger partial charge in [0, 0.05) is 43.0 Å². The number of halogens is 2. The molecule has 138 valence electrons. The van der Waals surface area contributed by atoms with Gasteiger partial charge in [-0.1, -0.05) is 23.2 Å². The van der Waals surface area contributed by atoms with Gasteiger partial charge in [0.1, 0.15) is 5.82 Å². The number of carbonyl (C=O) groups is 1. The average Bonchev–Trinajstić information content (AvgIpc) is 2.66. The standard InChI is InChI=1S/C18H20Cl2N4O2/c19-14-1-2-15(20)16(12-14)23-17-11-13(3-4-21-17)18(25)22-5-6-24-7-9-26-10-8-24/h1-4,11-12H,5-10H2,(H,21,23)(H,22,25). The lowest BCUT2D eigenvalue weighted by Crippen LogP contribution is -2.41. The Morgan fingerprint density at radius 3 is 2.81 bits per heavy atom. The number of nitrogens with zero attached hydrogens (tertiary/aromatic N) is 2. The first-order valence-electron chi connectivity index (χ1n) is 8.38. The lowest BCUT2D eigenvalue weighted by molar-refractivity contribution is 0.0383. The van der Waals surface area contributed by atoms with Gasteiger partial charge in [0.25, 0.3) is 5.91 Å². The minimum atomic E-state index is -0.138. The van der Waals surface area contributed by atoms with Gasteiger partial charge >= 0.3 is 0 Å². The molecule has 1 aliphatic heterocycles. The fourth-order valence-electron chi connectivity index (χ4n) is 2.63. The zero-order chi connectivity index (χ0) is 18.4. The number of benzene rings is 1. The molecular weight excluding hydrogens is 375 g/mol. The van der Waals surface area contributed by atoms with Crippen molar-refractivity contribution in [1.29, 1.82) is 0 Å². The largest absolute Gasteiger partial charge is 0.379 e. The Kier molecular flexibility index (Phi) is 6.68. The van der Waals surface area contributed by atoms with Crippen molar-refractivity contribution >= 4 is 40.6 Å². The number of ether oxygens (including phenoxy) is 1. The number of carbonyl (C=O) groups excluding carboxylic acids is 1. The van der Waals surface area contributed by atoms with Crippen molar-refractivity contribution in [1.82, 2.24) is 15.2 Å². The fraction of sp³-hybridized carbons (Fsp3) is 0.333. The van der Waals surface area contributed by atoms with Crippen molar-refractivity contribution in [3.05, 3.63) is 52.1 Å². The fourth-order valence-corrected chi connectivity index (χ4v) is 2.96. The molecule has 0 saturated carbocycles. The maximum Gasteiger partial charge on any atom is 0.251 e. The van der Waals surface area contributed by atoms with E-state index >= 15 is 0 Å². The van der Waals surface area contributed by atoms with E-state index in [1.165, 1.54) is 0 Å². The summed E-state index contributed by atoms with van der Waals surface area (Å²) in [5.41, 5.74) is 1.17. The number of amides is 1. The van der Waals surface area contributed by atoms with Gasteiger partial charge in [-0.05, 0) is 30.3 Å². The Balaban J connectivity index is 1.57. The van der Waals surface area contributed by atoms with E-state index in [2.05, 4.69) is 20.5 Å². The number of hydrogen-bond donors (Lipinski definition) is 2. The summed E-state index contributed by atoms with van der Waals surface area (Å²) in [5, 5.41) is 7.11. The van der Waals surface area contributed by atoms with Crippen LogP contribution >= 0.6 is 23.2 Å². The maximum atomic E-state index is 12.4. The van der Waals surface area contributed by atoms with Crippen LogP contribution in [-0.4, -0.2) is 55.2 Å². The molecule has 0 aliphatic carbocycles. The van der Waals surface area contributed by atoms with Crippen LogP contribution in [0.25, 0.3) is 0 Å². The van der Waals surface area contributed by atoms with E-state index < -0.39 is 0 Å². The molecule has 1 fully saturated rings. The van der Waals surface area contributed by atoms with E-state index in [-0.39, 0.29) is 5.91 Å². The van der Waals surface area contributed by atoms with E-state index in [9.17, 15) is 4.79 Å². The highest BCUT2D eigenvalue weighted by molar-refractivity contribution is 6.35. The smallest absolute Gasteiger partial charge is 0.251 e. The number of morpholine rings is 1. The van der Waals surface area contributed by atoms with Crippen LogP contribution in [0.1, 0.15) is 10.4 Å². The van der Waals surface area contributed by atoms with E-state index in [1.807, 2.05) is 0 Å². The lowest BCUT2D eigenvalue weighted by Gasteiger charge is -2.26. The third kappa shape index (κ3) is 5.32. The third-order valence-corrected chi connectivity index (χ3v) is 4.60. The molecule has 0 bridgehead atoms. The second-order valence-corrected chi connectivity index (χ2v) is 6.73. The van der Waals surface area contributed by atoms with E-state index in [0.29, 0.717) is 33.7 Å². The molecule has 2 heterocycles. The predicted octanol–water partition coefficient (Wildman–Crippen LogP) is 3.19. The van der Waals surface area contributed by atoms with Gasteiger partial charge in [-0.2, -0.15) is 0 Å². The normalized spacial score (nSPS) is 14.8. The Hall–Kier alpha value is -1.86. The number of anilines is 2. The molecule has 6 nitrogen and oxygen atoms in total. The minimum Gasteiger partial charge on any atom is -0.379 e. The van der Waals surface area contributed by atoms with Crippen molar-refractivity contribution in [2.45, 2.75) is 0 Å². The summed E-state index contributed by atoms with van der Waals surface area (Å²) in [6.07, 6.45) is 1.58. The quantitative estimate of drug-likeness (QED) is 0.787. The third-order valence-electron chi connectivity index (χ3n) is 4.03. The predicted molar refractivity (Wildman–Crippen MR) is 104 cm³/mol. The molecule has 1 aliphatic rings. The first kappa shape index (κ1) is 18.9. The van der Waals surface area contributed by atoms with Gasteiger partial charge in [0.05, 0.1) is 23.9 Å². The molecule has 2 N–H and O–H groups in total. The van der Waals surface area contributed by atoms with Crippen LogP contribution < -0.4 is 10.6 Å². The van der Waals surface area contributed by atoms with Crippen LogP contribution in [0.5, 0.6) is 0 Å². The van der Waals surface area contributed by atoms with Crippen molar-refractivity contribution in [2.24, 2.45) is 0 Å². The molecular formula is C18H20Cl2N4O2. The van der Waals surface area contributed by atoms with Gasteiger partial charge in [-0.25, -0.2) is 4.98 Å². The van der Waals surface area contributed by atoms with Crippen LogP contribution in [0.15, 0.2) is 36.5 Å². The van der Waals surface area contributed by atoms with Crippen LogP contribution in [0.2, 0.25) is 10.0 Å². The first-order chi connectivity index (χ1) is 12.6. The van der Waals surface area contributed by atoms with Crippen LogP contribution in [0, 0.1) is 0 Å². The molecule has 2 aromatic rings. The molecule has 0 radical (unpaired) electrons. The Morgan fingerprint density at radius 2 is 2.00 bits per heavy atom. The highest BCUT2D eigenvalue weighted by atomic mass is 35.5. The summed E-state index contributed by atoms with van der Waals surface area (Å²) in [5.74, 6) is 0.385. The zero-order valence-electron chi connectivity index (χ0n) is 14.2. The summed E-state index contributed by atoms with van der Waals surface area (Å²) in [4.78, 5) is 18.8. The van der Waals surface area contributed by atoms with Crippen molar-refractivity contribution < 1.29 is 9.53 Å². The Labute approximate surface area is 162 Å². The summed E-state index contributed by atoms with van der Waals surface area (Å²) in [6.45, 7) is 4.70.